The molecular formula is C22H22N2O3S. The maximum atomic E-state index is 11.2. The Labute approximate surface area is 165 Å². The van der Waals surface area contributed by atoms with Crippen molar-refractivity contribution >= 4 is 16.2 Å². The maximum absolute atomic E-state index is 11.2. The van der Waals surface area contributed by atoms with Gasteiger partial charge in [-0.05, 0) is 59.5 Å². The summed E-state index contributed by atoms with van der Waals surface area (Å²) in [6.07, 6.45) is 2.54. The average Bonchev–Trinajstić information content (AvgIpc) is 2.71. The van der Waals surface area contributed by atoms with Gasteiger partial charge in [-0.2, -0.15) is 0 Å². The van der Waals surface area contributed by atoms with E-state index >= 15 is 0 Å². The number of primary sulfonamides is 1. The number of nitrogens with zero attached hydrogens (tertiary/aromatic N) is 1. The molecule has 0 atom stereocenters. The maximum Gasteiger partial charge on any atom is 0.238 e. The van der Waals surface area contributed by atoms with Gasteiger partial charge in [-0.25, -0.2) is 13.6 Å². The molecule has 0 aliphatic carbocycles. The molecule has 3 rings (SSSR count). The number of hydrogen-bond acceptors (Lipinski definition) is 4. The summed E-state index contributed by atoms with van der Waals surface area (Å²) in [5, 5.41) is 5.09. The van der Waals surface area contributed by atoms with Crippen molar-refractivity contribution in [3.05, 3.63) is 95.6 Å². The monoisotopic (exact) mass is 394 g/mol. The SMILES string of the molecule is NS(=O)(=O)c1ccc(CCN=Cc2ccc(OCc3ccccc3)cc2)cc1. The Kier molecular flexibility index (Phi) is 6.57. The quantitative estimate of drug-likeness (QED) is 0.593. The van der Waals surface area contributed by atoms with Gasteiger partial charge in [-0.1, -0.05) is 42.5 Å². The third-order valence-corrected chi connectivity index (χ3v) is 5.08. The lowest BCUT2D eigenvalue weighted by molar-refractivity contribution is 0.306. The van der Waals surface area contributed by atoms with Gasteiger partial charge in [0, 0.05) is 12.8 Å². The van der Waals surface area contributed by atoms with Crippen LogP contribution in [0, 0.1) is 0 Å². The Balaban J connectivity index is 1.46. The van der Waals surface area contributed by atoms with E-state index in [1.54, 1.807) is 12.1 Å². The van der Waals surface area contributed by atoms with Crippen LogP contribution in [0.25, 0.3) is 0 Å². The molecule has 28 heavy (non-hydrogen) atoms. The normalized spacial score (nSPS) is 11.6. The van der Waals surface area contributed by atoms with Crippen molar-refractivity contribution in [1.29, 1.82) is 0 Å². The van der Waals surface area contributed by atoms with E-state index in [0.717, 1.165) is 28.9 Å². The minimum atomic E-state index is -3.64. The number of nitrogens with two attached hydrogens (primary N) is 1. The summed E-state index contributed by atoms with van der Waals surface area (Å²) in [4.78, 5) is 4.54. The minimum absolute atomic E-state index is 0.120. The van der Waals surface area contributed by atoms with Crippen LogP contribution in [0.3, 0.4) is 0 Å². The molecule has 0 fully saturated rings. The highest BCUT2D eigenvalue weighted by atomic mass is 32.2. The van der Waals surface area contributed by atoms with Crippen molar-refractivity contribution in [1.82, 2.24) is 0 Å². The van der Waals surface area contributed by atoms with Gasteiger partial charge in [-0.3, -0.25) is 4.99 Å². The Morgan fingerprint density at radius 3 is 2.18 bits per heavy atom. The van der Waals surface area contributed by atoms with Crippen LogP contribution in [0.5, 0.6) is 5.75 Å². The molecule has 5 nitrogen and oxygen atoms in total. The summed E-state index contributed by atoms with van der Waals surface area (Å²) in [6, 6.07) is 24.4. The van der Waals surface area contributed by atoms with Gasteiger partial charge in [-0.15, -0.1) is 0 Å². The van der Waals surface area contributed by atoms with E-state index in [1.807, 2.05) is 60.8 Å². The number of aliphatic imine (C=N–C) groups is 1. The van der Waals surface area contributed by atoms with Crippen molar-refractivity contribution in [2.75, 3.05) is 6.54 Å². The Hall–Kier alpha value is -2.96. The summed E-state index contributed by atoms with van der Waals surface area (Å²) in [5.41, 5.74) is 3.14. The zero-order chi connectivity index (χ0) is 19.8. The lowest BCUT2D eigenvalue weighted by Crippen LogP contribution is -2.11. The molecular weight excluding hydrogens is 372 g/mol. The first-order chi connectivity index (χ1) is 13.5. The summed E-state index contributed by atoms with van der Waals surface area (Å²) in [7, 11) is -3.64. The van der Waals surface area contributed by atoms with Crippen LogP contribution in [-0.2, 0) is 23.1 Å². The minimum Gasteiger partial charge on any atom is -0.489 e. The topological polar surface area (TPSA) is 81.8 Å². The molecule has 0 aliphatic heterocycles. The van der Waals surface area contributed by atoms with E-state index in [1.165, 1.54) is 12.1 Å². The molecule has 144 valence electrons. The smallest absolute Gasteiger partial charge is 0.238 e. The first-order valence-electron chi connectivity index (χ1n) is 8.89. The molecule has 2 N–H and O–H groups in total. The van der Waals surface area contributed by atoms with Crippen LogP contribution in [0.2, 0.25) is 0 Å². The number of rotatable bonds is 8. The largest absolute Gasteiger partial charge is 0.489 e. The second-order valence-corrected chi connectivity index (χ2v) is 7.88. The molecule has 0 saturated heterocycles. The van der Waals surface area contributed by atoms with Crippen molar-refractivity contribution in [2.24, 2.45) is 10.1 Å². The zero-order valence-corrected chi connectivity index (χ0v) is 16.2. The number of ether oxygens (including phenoxy) is 1. The van der Waals surface area contributed by atoms with Gasteiger partial charge in [0.2, 0.25) is 10.0 Å². The van der Waals surface area contributed by atoms with Crippen molar-refractivity contribution in [3.8, 4) is 5.75 Å². The highest BCUT2D eigenvalue weighted by molar-refractivity contribution is 7.89. The summed E-state index contributed by atoms with van der Waals surface area (Å²) >= 11 is 0. The molecule has 0 aromatic heterocycles. The molecule has 3 aromatic rings. The van der Waals surface area contributed by atoms with Gasteiger partial charge in [0.25, 0.3) is 0 Å². The van der Waals surface area contributed by atoms with Crippen LogP contribution in [0.4, 0.5) is 0 Å². The van der Waals surface area contributed by atoms with Crippen LogP contribution >= 0.6 is 0 Å². The van der Waals surface area contributed by atoms with Gasteiger partial charge in [0.05, 0.1) is 4.90 Å². The van der Waals surface area contributed by atoms with E-state index in [0.29, 0.717) is 13.2 Å². The van der Waals surface area contributed by atoms with Gasteiger partial charge in [0.15, 0.2) is 0 Å². The first kappa shape index (κ1) is 19.8. The number of hydrogen-bond donors (Lipinski definition) is 1. The molecule has 0 radical (unpaired) electrons. The van der Waals surface area contributed by atoms with Gasteiger partial charge in [0.1, 0.15) is 12.4 Å². The van der Waals surface area contributed by atoms with Gasteiger partial charge >= 0.3 is 0 Å². The molecule has 3 aromatic carbocycles. The molecule has 6 heteroatoms. The Bertz CT molecular complexity index is 1010. The second-order valence-electron chi connectivity index (χ2n) is 6.32. The molecule has 0 heterocycles. The summed E-state index contributed by atoms with van der Waals surface area (Å²) in [5.74, 6) is 0.816. The zero-order valence-electron chi connectivity index (χ0n) is 15.4. The van der Waals surface area contributed by atoms with Crippen LogP contribution in [0.1, 0.15) is 16.7 Å². The molecule has 0 spiro atoms. The predicted molar refractivity (Wildman–Crippen MR) is 111 cm³/mol. The van der Waals surface area contributed by atoms with E-state index in [9.17, 15) is 8.42 Å². The Morgan fingerprint density at radius 2 is 1.54 bits per heavy atom. The molecule has 0 aliphatic rings. The lowest BCUT2D eigenvalue weighted by atomic mass is 10.1. The molecule has 0 bridgehead atoms. The van der Waals surface area contributed by atoms with Gasteiger partial charge < -0.3 is 4.74 Å². The van der Waals surface area contributed by atoms with Crippen molar-refractivity contribution in [3.63, 3.8) is 0 Å². The number of sulfonamides is 1. The van der Waals surface area contributed by atoms with Crippen LogP contribution in [0.15, 0.2) is 88.8 Å². The van der Waals surface area contributed by atoms with E-state index in [4.69, 9.17) is 9.88 Å². The van der Waals surface area contributed by atoms with E-state index in [2.05, 4.69) is 4.99 Å². The van der Waals surface area contributed by atoms with Crippen LogP contribution in [-0.4, -0.2) is 21.2 Å². The fraction of sp³-hybridized carbons (Fsp3) is 0.136. The van der Waals surface area contributed by atoms with Crippen molar-refractivity contribution < 1.29 is 13.2 Å². The summed E-state index contributed by atoms with van der Waals surface area (Å²) < 4.78 is 28.3. The fourth-order valence-electron chi connectivity index (χ4n) is 2.60. The predicted octanol–water partition coefficient (Wildman–Crippen LogP) is 3.57. The molecule has 0 amide bonds. The molecule has 0 saturated carbocycles. The highest BCUT2D eigenvalue weighted by Crippen LogP contribution is 2.14. The number of benzene rings is 3. The first-order valence-corrected chi connectivity index (χ1v) is 10.4. The standard InChI is InChI=1S/C22H22N2O3S/c23-28(25,26)22-12-8-18(9-13-22)14-15-24-16-19-6-10-21(11-7-19)27-17-20-4-2-1-3-5-20/h1-13,16H,14-15,17H2,(H2,23,25,26). The van der Waals surface area contributed by atoms with E-state index < -0.39 is 10.0 Å². The third kappa shape index (κ3) is 6.04. The second kappa shape index (κ2) is 9.30. The van der Waals surface area contributed by atoms with E-state index in [-0.39, 0.29) is 4.90 Å². The van der Waals surface area contributed by atoms with Crippen LogP contribution < -0.4 is 9.88 Å². The van der Waals surface area contributed by atoms with Crippen molar-refractivity contribution in [2.45, 2.75) is 17.9 Å². The highest BCUT2D eigenvalue weighted by Gasteiger charge is 2.06. The molecule has 0 unspecified atom stereocenters. The lowest BCUT2D eigenvalue weighted by Gasteiger charge is -2.06. The fourth-order valence-corrected chi connectivity index (χ4v) is 3.12. The average molecular weight is 394 g/mol. The Morgan fingerprint density at radius 1 is 0.857 bits per heavy atom. The third-order valence-electron chi connectivity index (χ3n) is 4.15. The summed E-state index contributed by atoms with van der Waals surface area (Å²) in [6.45, 7) is 1.15.